The first-order chi connectivity index (χ1) is 26.6. The molecule has 0 fully saturated rings. The standard InChI is InChI=1S/C38H28N12O2S2/c51-33(23-53-37-43-45-47-49(37)29-12-6-2-7-13-29)39-27-18-16-26(17-19-27)36-41-32-21-20-28(22-31(32)35(42-36)25-10-4-1-5-11-25)40-34(52)24-54-38-44-46-48-50(38)30-14-8-3-9-15-30/h1-22H,23-24H2,(H,39,51)(H,40,52). The maximum atomic E-state index is 13.1. The van der Waals surface area contributed by atoms with E-state index >= 15 is 0 Å². The number of hydrogen-bond donors (Lipinski definition) is 2. The Labute approximate surface area is 316 Å². The smallest absolute Gasteiger partial charge is 0.234 e. The van der Waals surface area contributed by atoms with E-state index in [-0.39, 0.29) is 23.3 Å². The number of anilines is 2. The van der Waals surface area contributed by atoms with Gasteiger partial charge in [0.1, 0.15) is 0 Å². The van der Waals surface area contributed by atoms with Gasteiger partial charge in [0.15, 0.2) is 5.82 Å². The molecule has 8 rings (SSSR count). The van der Waals surface area contributed by atoms with Gasteiger partial charge in [0.05, 0.1) is 34.1 Å². The molecule has 0 aliphatic carbocycles. The van der Waals surface area contributed by atoms with Crippen LogP contribution in [-0.4, -0.2) is 73.7 Å². The van der Waals surface area contributed by atoms with E-state index in [0.29, 0.717) is 33.0 Å². The first-order valence-corrected chi connectivity index (χ1v) is 18.5. The monoisotopic (exact) mass is 748 g/mol. The lowest BCUT2D eigenvalue weighted by Gasteiger charge is -2.12. The van der Waals surface area contributed by atoms with E-state index in [4.69, 9.17) is 9.97 Å². The Morgan fingerprint density at radius 3 is 1.65 bits per heavy atom. The molecule has 2 amide bonds. The Balaban J connectivity index is 0.962. The van der Waals surface area contributed by atoms with Crippen LogP contribution in [0.15, 0.2) is 144 Å². The fourth-order valence-electron chi connectivity index (χ4n) is 5.51. The maximum absolute atomic E-state index is 13.1. The molecule has 16 heteroatoms. The fourth-order valence-corrected chi connectivity index (χ4v) is 6.89. The molecular formula is C38H28N12O2S2. The number of carbonyl (C=O) groups is 2. The Bertz CT molecular complexity index is 2550. The van der Waals surface area contributed by atoms with Gasteiger partial charge in [0, 0.05) is 27.9 Å². The maximum Gasteiger partial charge on any atom is 0.234 e. The minimum atomic E-state index is -0.209. The molecule has 14 nitrogen and oxygen atoms in total. The van der Waals surface area contributed by atoms with Gasteiger partial charge in [0.2, 0.25) is 22.1 Å². The summed E-state index contributed by atoms with van der Waals surface area (Å²) in [5, 5.41) is 31.5. The van der Waals surface area contributed by atoms with Gasteiger partial charge >= 0.3 is 0 Å². The molecule has 0 spiro atoms. The van der Waals surface area contributed by atoms with Crippen molar-refractivity contribution in [1.29, 1.82) is 0 Å². The quantitative estimate of drug-likeness (QED) is 0.132. The molecule has 0 saturated carbocycles. The van der Waals surface area contributed by atoms with E-state index in [0.717, 1.165) is 33.6 Å². The molecule has 5 aromatic carbocycles. The first kappa shape index (κ1) is 34.3. The van der Waals surface area contributed by atoms with Crippen LogP contribution >= 0.6 is 23.5 Å². The summed E-state index contributed by atoms with van der Waals surface area (Å²) < 4.78 is 3.19. The van der Waals surface area contributed by atoms with Crippen LogP contribution in [0.3, 0.4) is 0 Å². The van der Waals surface area contributed by atoms with E-state index < -0.39 is 0 Å². The SMILES string of the molecule is O=C(CSc1nnnn1-c1ccccc1)Nc1ccc(-c2nc(-c3ccccc3)c3cc(NC(=O)CSc4nnnn4-c4ccccc4)ccc3n2)cc1. The molecule has 0 atom stereocenters. The van der Waals surface area contributed by atoms with Crippen molar-refractivity contribution in [2.75, 3.05) is 22.1 Å². The van der Waals surface area contributed by atoms with Crippen LogP contribution in [0.2, 0.25) is 0 Å². The lowest BCUT2D eigenvalue weighted by Crippen LogP contribution is -2.14. The second-order valence-electron chi connectivity index (χ2n) is 11.7. The second-order valence-corrected chi connectivity index (χ2v) is 13.5. The highest BCUT2D eigenvalue weighted by Crippen LogP contribution is 2.31. The third-order valence-corrected chi connectivity index (χ3v) is 9.84. The van der Waals surface area contributed by atoms with Crippen LogP contribution < -0.4 is 10.6 Å². The van der Waals surface area contributed by atoms with Gasteiger partial charge in [-0.25, -0.2) is 9.97 Å². The molecule has 0 aliphatic rings. The van der Waals surface area contributed by atoms with Gasteiger partial charge in [-0.2, -0.15) is 9.36 Å². The third-order valence-electron chi connectivity index (χ3n) is 8.00. The predicted octanol–water partition coefficient (Wildman–Crippen LogP) is 6.38. The van der Waals surface area contributed by atoms with Gasteiger partial charge in [-0.15, -0.1) is 10.2 Å². The molecule has 3 aromatic heterocycles. The number of fused-ring (bicyclic) bond motifs is 1. The van der Waals surface area contributed by atoms with Crippen molar-refractivity contribution in [3.63, 3.8) is 0 Å². The average molecular weight is 749 g/mol. The summed E-state index contributed by atoms with van der Waals surface area (Å²) >= 11 is 2.49. The number of para-hydroxylation sites is 2. The fraction of sp³-hybridized carbons (Fsp3) is 0.0526. The Morgan fingerprint density at radius 1 is 0.556 bits per heavy atom. The van der Waals surface area contributed by atoms with Crippen molar-refractivity contribution in [2.45, 2.75) is 10.3 Å². The summed E-state index contributed by atoms with van der Waals surface area (Å²) in [6.45, 7) is 0. The number of benzene rings is 5. The number of aromatic nitrogens is 10. The zero-order chi connectivity index (χ0) is 36.7. The largest absolute Gasteiger partial charge is 0.325 e. The number of nitrogens with zero attached hydrogens (tertiary/aromatic N) is 10. The van der Waals surface area contributed by atoms with Gasteiger partial charge in [-0.1, -0.05) is 90.3 Å². The van der Waals surface area contributed by atoms with E-state index in [1.165, 1.54) is 23.5 Å². The number of amides is 2. The van der Waals surface area contributed by atoms with Gasteiger partial charge in [0.25, 0.3) is 0 Å². The highest BCUT2D eigenvalue weighted by Gasteiger charge is 2.16. The van der Waals surface area contributed by atoms with E-state index in [2.05, 4.69) is 41.7 Å². The topological polar surface area (TPSA) is 171 Å². The Morgan fingerprint density at radius 2 is 1.07 bits per heavy atom. The zero-order valence-corrected chi connectivity index (χ0v) is 29.9. The number of rotatable bonds is 12. The van der Waals surface area contributed by atoms with E-state index in [1.54, 1.807) is 9.36 Å². The number of thioether (sulfide) groups is 2. The van der Waals surface area contributed by atoms with Gasteiger partial charge < -0.3 is 10.6 Å². The highest BCUT2D eigenvalue weighted by atomic mass is 32.2. The van der Waals surface area contributed by atoms with Crippen molar-refractivity contribution in [2.24, 2.45) is 0 Å². The van der Waals surface area contributed by atoms with Crippen molar-refractivity contribution in [3.05, 3.63) is 133 Å². The Kier molecular flexibility index (Phi) is 10.1. The number of carbonyl (C=O) groups excluding carboxylic acids is 2. The van der Waals surface area contributed by atoms with Crippen LogP contribution in [0.5, 0.6) is 0 Å². The van der Waals surface area contributed by atoms with Crippen LogP contribution in [0.1, 0.15) is 0 Å². The van der Waals surface area contributed by atoms with Crippen LogP contribution in [0.4, 0.5) is 11.4 Å². The summed E-state index contributed by atoms with van der Waals surface area (Å²) in [4.78, 5) is 35.8. The van der Waals surface area contributed by atoms with Crippen molar-refractivity contribution < 1.29 is 9.59 Å². The molecule has 2 N–H and O–H groups in total. The molecule has 264 valence electrons. The molecule has 54 heavy (non-hydrogen) atoms. The predicted molar refractivity (Wildman–Crippen MR) is 207 cm³/mol. The molecule has 0 bridgehead atoms. The Hall–Kier alpha value is -6.78. The molecule has 3 heterocycles. The highest BCUT2D eigenvalue weighted by molar-refractivity contribution is 8.00. The minimum absolute atomic E-state index is 0.107. The number of tetrazole rings is 2. The zero-order valence-electron chi connectivity index (χ0n) is 28.2. The third kappa shape index (κ3) is 7.84. The lowest BCUT2D eigenvalue weighted by atomic mass is 10.0. The first-order valence-electron chi connectivity index (χ1n) is 16.6. The molecule has 0 saturated heterocycles. The summed E-state index contributed by atoms with van der Waals surface area (Å²) in [5.74, 6) is 0.346. The van der Waals surface area contributed by atoms with Crippen LogP contribution in [-0.2, 0) is 9.59 Å². The van der Waals surface area contributed by atoms with Crippen LogP contribution in [0.25, 0.3) is 44.9 Å². The second kappa shape index (κ2) is 15.9. The molecule has 0 unspecified atom stereocenters. The summed E-state index contributed by atoms with van der Waals surface area (Å²) in [6.07, 6.45) is 0. The van der Waals surface area contributed by atoms with Crippen molar-refractivity contribution in [3.8, 4) is 34.0 Å². The lowest BCUT2D eigenvalue weighted by molar-refractivity contribution is -0.114. The van der Waals surface area contributed by atoms with Crippen molar-refractivity contribution >= 4 is 57.6 Å². The summed E-state index contributed by atoms with van der Waals surface area (Å²) in [5.41, 5.74) is 5.96. The van der Waals surface area contributed by atoms with Crippen LogP contribution in [0, 0.1) is 0 Å². The van der Waals surface area contributed by atoms with E-state index in [1.807, 2.05) is 133 Å². The summed E-state index contributed by atoms with van der Waals surface area (Å²) in [6, 6.07) is 41.8. The molecular weight excluding hydrogens is 721 g/mol. The van der Waals surface area contributed by atoms with Gasteiger partial charge in [-0.3, -0.25) is 9.59 Å². The normalized spacial score (nSPS) is 11.0. The van der Waals surface area contributed by atoms with Gasteiger partial charge in [-0.05, 0) is 87.6 Å². The number of hydrogen-bond acceptors (Lipinski definition) is 12. The van der Waals surface area contributed by atoms with Crippen molar-refractivity contribution in [1.82, 2.24) is 50.4 Å². The average Bonchev–Trinajstić information content (AvgIpc) is 3.90. The minimum Gasteiger partial charge on any atom is -0.325 e. The van der Waals surface area contributed by atoms with E-state index in [9.17, 15) is 9.59 Å². The number of nitrogens with one attached hydrogen (secondary N) is 2. The molecule has 8 aromatic rings. The summed E-state index contributed by atoms with van der Waals surface area (Å²) in [7, 11) is 0. The molecule has 0 radical (unpaired) electrons. The molecule has 0 aliphatic heterocycles.